The number of nitrogens with one attached hydrogen (secondary N) is 1. The molecule has 3 nitrogen and oxygen atoms in total. The van der Waals surface area contributed by atoms with Gasteiger partial charge in [-0.1, -0.05) is 11.6 Å². The molecule has 0 saturated heterocycles. The molecule has 1 heterocycles. The third-order valence-electron chi connectivity index (χ3n) is 1.85. The summed E-state index contributed by atoms with van der Waals surface area (Å²) in [6.45, 7) is 0. The molecule has 1 aromatic carbocycles. The van der Waals surface area contributed by atoms with E-state index in [-0.39, 0.29) is 11.4 Å². The van der Waals surface area contributed by atoms with Crippen LogP contribution in [0.3, 0.4) is 0 Å². The summed E-state index contributed by atoms with van der Waals surface area (Å²) in [5, 5.41) is 0.995. The van der Waals surface area contributed by atoms with Gasteiger partial charge in [-0.3, -0.25) is 4.79 Å². The van der Waals surface area contributed by atoms with Crippen LogP contribution in [0.2, 0.25) is 5.02 Å². The fourth-order valence-corrected chi connectivity index (χ4v) is 1.53. The first-order chi connectivity index (χ1) is 6.70. The van der Waals surface area contributed by atoms with Crippen LogP contribution in [-0.4, -0.2) is 9.97 Å². The maximum absolute atomic E-state index is 11.5. The summed E-state index contributed by atoms with van der Waals surface area (Å²) >= 11 is 11.3. The van der Waals surface area contributed by atoms with Crippen LogP contribution in [0.15, 0.2) is 23.0 Å². The molecule has 0 aliphatic rings. The molecule has 5 heteroatoms. The van der Waals surface area contributed by atoms with Crippen molar-refractivity contribution in [3.05, 3.63) is 39.4 Å². The molecule has 72 valence electrons. The largest absolute Gasteiger partial charge is 0.342 e. The molecule has 1 N–H and O–H groups in total. The molecule has 0 fully saturated rings. The molecule has 0 radical (unpaired) electrons. The van der Waals surface area contributed by atoms with Gasteiger partial charge in [0.05, 0.1) is 16.8 Å². The van der Waals surface area contributed by atoms with Gasteiger partial charge >= 0.3 is 0 Å². The van der Waals surface area contributed by atoms with E-state index in [2.05, 4.69) is 9.97 Å². The number of benzene rings is 1. The summed E-state index contributed by atoms with van der Waals surface area (Å²) < 4.78 is 0. The second kappa shape index (κ2) is 3.59. The van der Waals surface area contributed by atoms with E-state index in [0.29, 0.717) is 21.7 Å². The average Bonchev–Trinajstić information content (AvgIpc) is 2.19. The quantitative estimate of drug-likeness (QED) is 0.762. The lowest BCUT2D eigenvalue weighted by Gasteiger charge is -1.99. The molecule has 0 bridgehead atoms. The third-order valence-corrected chi connectivity index (χ3v) is 2.34. The van der Waals surface area contributed by atoms with E-state index in [4.69, 9.17) is 23.2 Å². The summed E-state index contributed by atoms with van der Waals surface area (Å²) in [5.74, 6) is 0.653. The summed E-state index contributed by atoms with van der Waals surface area (Å²) in [5.41, 5.74) is 0.391. The fourth-order valence-electron chi connectivity index (χ4n) is 1.23. The molecule has 0 aliphatic carbocycles. The minimum Gasteiger partial charge on any atom is -0.342 e. The zero-order valence-electron chi connectivity index (χ0n) is 7.05. The van der Waals surface area contributed by atoms with E-state index in [0.717, 1.165) is 0 Å². The zero-order chi connectivity index (χ0) is 10.1. The highest BCUT2D eigenvalue weighted by Crippen LogP contribution is 2.14. The first-order valence-electron chi connectivity index (χ1n) is 3.95. The minimum atomic E-state index is -0.308. The average molecular weight is 229 g/mol. The summed E-state index contributed by atoms with van der Waals surface area (Å²) in [6, 6.07) is 5.02. The van der Waals surface area contributed by atoms with Crippen molar-refractivity contribution in [1.82, 2.24) is 9.97 Å². The smallest absolute Gasteiger partial charge is 0.280 e. The van der Waals surface area contributed by atoms with E-state index >= 15 is 0 Å². The Kier molecular flexibility index (Phi) is 2.44. The van der Waals surface area contributed by atoms with Crippen molar-refractivity contribution in [1.29, 1.82) is 0 Å². The summed E-state index contributed by atoms with van der Waals surface area (Å²) in [6.07, 6.45) is 0. The lowest BCUT2D eigenvalue weighted by molar-refractivity contribution is 1.04. The van der Waals surface area contributed by atoms with Gasteiger partial charge in [-0.25, -0.2) is 0 Å². The molecule has 0 spiro atoms. The van der Waals surface area contributed by atoms with E-state index in [9.17, 15) is 4.79 Å². The van der Waals surface area contributed by atoms with Crippen molar-refractivity contribution in [2.24, 2.45) is 0 Å². The summed E-state index contributed by atoms with van der Waals surface area (Å²) in [4.78, 5) is 18.2. The number of hydrogen-bond acceptors (Lipinski definition) is 2. The number of halogens is 2. The van der Waals surface area contributed by atoms with Crippen LogP contribution in [0.25, 0.3) is 10.9 Å². The van der Waals surface area contributed by atoms with E-state index in [1.165, 1.54) is 0 Å². The lowest BCUT2D eigenvalue weighted by atomic mass is 10.2. The minimum absolute atomic E-state index is 0.188. The molecular weight excluding hydrogens is 223 g/mol. The van der Waals surface area contributed by atoms with Gasteiger partial charge in [-0.15, -0.1) is 11.6 Å². The van der Waals surface area contributed by atoms with Gasteiger partial charge in [0.15, 0.2) is 0 Å². The predicted octanol–water partition coefficient (Wildman–Crippen LogP) is 2.32. The van der Waals surface area contributed by atoms with Crippen molar-refractivity contribution in [3.63, 3.8) is 0 Å². The highest BCUT2D eigenvalue weighted by molar-refractivity contribution is 6.31. The monoisotopic (exact) mass is 228 g/mol. The maximum atomic E-state index is 11.5. The Bertz CT molecular complexity index is 536. The van der Waals surface area contributed by atoms with Gasteiger partial charge < -0.3 is 4.98 Å². The Morgan fingerprint density at radius 1 is 1.43 bits per heavy atom. The fraction of sp³-hybridized carbons (Fsp3) is 0.111. The van der Waals surface area contributed by atoms with Gasteiger partial charge in [0.2, 0.25) is 0 Å². The van der Waals surface area contributed by atoms with Gasteiger partial charge in [0, 0.05) is 5.02 Å². The molecule has 0 saturated carbocycles. The number of nitrogens with zero attached hydrogens (tertiary/aromatic N) is 1. The van der Waals surface area contributed by atoms with E-state index in [1.807, 2.05) is 0 Å². The van der Waals surface area contributed by atoms with Crippen LogP contribution < -0.4 is 5.56 Å². The number of H-pyrrole nitrogens is 1. The lowest BCUT2D eigenvalue weighted by Crippen LogP contribution is -2.10. The van der Waals surface area contributed by atoms with Crippen LogP contribution in [0.1, 0.15) is 5.82 Å². The van der Waals surface area contributed by atoms with Crippen molar-refractivity contribution in [2.75, 3.05) is 0 Å². The molecule has 0 atom stereocenters. The first kappa shape index (κ1) is 9.49. The van der Waals surface area contributed by atoms with Crippen molar-refractivity contribution in [3.8, 4) is 0 Å². The van der Waals surface area contributed by atoms with Gasteiger partial charge in [0.25, 0.3) is 5.56 Å². The topological polar surface area (TPSA) is 45.8 Å². The Morgan fingerprint density at radius 2 is 2.21 bits per heavy atom. The van der Waals surface area contributed by atoms with Crippen LogP contribution in [0.5, 0.6) is 0 Å². The zero-order valence-corrected chi connectivity index (χ0v) is 8.56. The predicted molar refractivity (Wildman–Crippen MR) is 56.9 cm³/mol. The maximum Gasteiger partial charge on any atom is 0.280 e. The summed E-state index contributed by atoms with van der Waals surface area (Å²) in [7, 11) is 0. The number of fused-ring (bicyclic) bond motifs is 1. The molecule has 1 aromatic heterocycles. The Labute approximate surface area is 89.7 Å². The van der Waals surface area contributed by atoms with Crippen LogP contribution in [-0.2, 0) is 5.88 Å². The first-order valence-corrected chi connectivity index (χ1v) is 4.86. The molecular formula is C9H6Cl2N2O. The number of aromatic amines is 1. The molecule has 14 heavy (non-hydrogen) atoms. The number of hydrogen-bond donors (Lipinski definition) is 1. The SMILES string of the molecule is O=c1nc(CCl)[nH]c2ccc(Cl)cc12. The molecule has 0 unspecified atom stereocenters. The van der Waals surface area contributed by atoms with Gasteiger partial charge in [-0.2, -0.15) is 4.98 Å². The Balaban J connectivity index is 2.83. The van der Waals surface area contributed by atoms with E-state index < -0.39 is 0 Å². The normalized spacial score (nSPS) is 10.7. The highest BCUT2D eigenvalue weighted by atomic mass is 35.5. The van der Waals surface area contributed by atoms with Crippen molar-refractivity contribution < 1.29 is 0 Å². The second-order valence-corrected chi connectivity index (χ2v) is 3.52. The van der Waals surface area contributed by atoms with Crippen molar-refractivity contribution >= 4 is 34.1 Å². The molecule has 0 amide bonds. The van der Waals surface area contributed by atoms with Crippen LogP contribution >= 0.6 is 23.2 Å². The third kappa shape index (κ3) is 1.61. The molecule has 0 aliphatic heterocycles. The standard InChI is InChI=1S/C9H6Cl2N2O/c10-4-8-12-7-2-1-5(11)3-6(7)9(14)13-8/h1-3H,4H2,(H,12,13,14). The number of alkyl halides is 1. The second-order valence-electron chi connectivity index (χ2n) is 2.81. The number of rotatable bonds is 1. The van der Waals surface area contributed by atoms with Gasteiger partial charge in [-0.05, 0) is 18.2 Å². The Hall–Kier alpha value is -1.06. The molecule has 2 aromatic rings. The van der Waals surface area contributed by atoms with Crippen LogP contribution in [0, 0.1) is 0 Å². The highest BCUT2D eigenvalue weighted by Gasteiger charge is 2.02. The van der Waals surface area contributed by atoms with Crippen LogP contribution in [0.4, 0.5) is 0 Å². The van der Waals surface area contributed by atoms with Crippen molar-refractivity contribution in [2.45, 2.75) is 5.88 Å². The Morgan fingerprint density at radius 3 is 2.93 bits per heavy atom. The van der Waals surface area contributed by atoms with Gasteiger partial charge in [0.1, 0.15) is 5.82 Å². The van der Waals surface area contributed by atoms with E-state index in [1.54, 1.807) is 18.2 Å². The number of aromatic nitrogens is 2. The molecule has 2 rings (SSSR count).